The van der Waals surface area contributed by atoms with Crippen molar-refractivity contribution < 1.29 is 14.3 Å². The zero-order valence-corrected chi connectivity index (χ0v) is 14.4. The van der Waals surface area contributed by atoms with Crippen molar-refractivity contribution in [3.63, 3.8) is 0 Å². The van der Waals surface area contributed by atoms with Crippen LogP contribution in [0, 0.1) is 0 Å². The molecule has 3 rings (SSSR count). The van der Waals surface area contributed by atoms with E-state index in [-0.39, 0.29) is 0 Å². The molecule has 0 amide bonds. The molecule has 25 heavy (non-hydrogen) atoms. The second-order valence-electron chi connectivity index (χ2n) is 5.74. The van der Waals surface area contributed by atoms with Crippen LogP contribution in [0.5, 0.6) is 5.75 Å². The van der Waals surface area contributed by atoms with E-state index in [1.807, 2.05) is 54.6 Å². The van der Waals surface area contributed by atoms with Crippen molar-refractivity contribution in [2.45, 2.75) is 6.42 Å². The summed E-state index contributed by atoms with van der Waals surface area (Å²) < 4.78 is 10.5. The van der Waals surface area contributed by atoms with Crippen LogP contribution in [0.15, 0.2) is 72.8 Å². The van der Waals surface area contributed by atoms with Crippen molar-refractivity contribution in [3.8, 4) is 16.9 Å². The average molecular weight is 332 g/mol. The van der Waals surface area contributed by atoms with Gasteiger partial charge in [-0.15, -0.1) is 0 Å². The number of carbonyl (C=O) groups excluding carboxylic acids is 1. The quantitative estimate of drug-likeness (QED) is 0.633. The van der Waals surface area contributed by atoms with E-state index in [4.69, 9.17) is 9.47 Å². The molecule has 0 unspecified atom stereocenters. The van der Waals surface area contributed by atoms with Crippen molar-refractivity contribution in [2.75, 3.05) is 14.2 Å². The predicted octanol–water partition coefficient (Wildman–Crippen LogP) is 4.74. The fourth-order valence-electron chi connectivity index (χ4n) is 2.94. The SMILES string of the molecule is COC(=O)c1cc(Cc2ccccc2)cc(-c2ccccc2)c1OC. The van der Waals surface area contributed by atoms with Crippen LogP contribution in [0.2, 0.25) is 0 Å². The molecule has 0 aliphatic rings. The lowest BCUT2D eigenvalue weighted by molar-refractivity contribution is 0.0597. The minimum absolute atomic E-state index is 0.399. The molecule has 3 nitrogen and oxygen atoms in total. The van der Waals surface area contributed by atoms with Crippen LogP contribution in [0.4, 0.5) is 0 Å². The fraction of sp³-hybridized carbons (Fsp3) is 0.136. The number of hydrogen-bond acceptors (Lipinski definition) is 3. The number of benzene rings is 3. The van der Waals surface area contributed by atoms with Gasteiger partial charge in [-0.05, 0) is 35.2 Å². The van der Waals surface area contributed by atoms with Gasteiger partial charge in [0.05, 0.1) is 14.2 Å². The summed E-state index contributed by atoms with van der Waals surface area (Å²) in [4.78, 5) is 12.3. The van der Waals surface area contributed by atoms with Gasteiger partial charge in [-0.25, -0.2) is 4.79 Å². The third-order valence-corrected chi connectivity index (χ3v) is 4.09. The van der Waals surface area contributed by atoms with Crippen LogP contribution in [-0.2, 0) is 11.2 Å². The monoisotopic (exact) mass is 332 g/mol. The smallest absolute Gasteiger partial charge is 0.341 e. The van der Waals surface area contributed by atoms with E-state index in [2.05, 4.69) is 18.2 Å². The highest BCUT2D eigenvalue weighted by molar-refractivity contribution is 5.96. The summed E-state index contributed by atoms with van der Waals surface area (Å²) in [5.74, 6) is 0.138. The lowest BCUT2D eigenvalue weighted by Crippen LogP contribution is -2.07. The van der Waals surface area contributed by atoms with Crippen molar-refractivity contribution in [1.82, 2.24) is 0 Å². The molecular weight excluding hydrogens is 312 g/mol. The number of rotatable bonds is 5. The van der Waals surface area contributed by atoms with Gasteiger partial charge in [0.1, 0.15) is 11.3 Å². The summed E-state index contributed by atoms with van der Waals surface area (Å²) in [6, 6.07) is 24.0. The molecular formula is C22H20O3. The van der Waals surface area contributed by atoms with Gasteiger partial charge in [0.25, 0.3) is 0 Å². The number of hydrogen-bond donors (Lipinski definition) is 0. The molecule has 0 atom stereocenters. The van der Waals surface area contributed by atoms with Crippen molar-refractivity contribution in [2.24, 2.45) is 0 Å². The third-order valence-electron chi connectivity index (χ3n) is 4.09. The second kappa shape index (κ2) is 7.67. The van der Waals surface area contributed by atoms with Gasteiger partial charge in [0.15, 0.2) is 0 Å². The fourth-order valence-corrected chi connectivity index (χ4v) is 2.94. The maximum absolute atomic E-state index is 12.3. The van der Waals surface area contributed by atoms with Crippen molar-refractivity contribution >= 4 is 5.97 Å². The molecule has 0 heterocycles. The maximum Gasteiger partial charge on any atom is 0.341 e. The Kier molecular flexibility index (Phi) is 5.14. The van der Waals surface area contributed by atoms with E-state index in [1.165, 1.54) is 12.7 Å². The Morgan fingerprint density at radius 2 is 1.48 bits per heavy atom. The van der Waals surface area contributed by atoms with Gasteiger partial charge in [-0.3, -0.25) is 0 Å². The summed E-state index contributed by atoms with van der Waals surface area (Å²) in [5, 5.41) is 0. The van der Waals surface area contributed by atoms with Crippen LogP contribution in [0.25, 0.3) is 11.1 Å². The van der Waals surface area contributed by atoms with E-state index in [9.17, 15) is 4.79 Å². The van der Waals surface area contributed by atoms with E-state index < -0.39 is 5.97 Å². The molecule has 0 fully saturated rings. The number of methoxy groups -OCH3 is 2. The van der Waals surface area contributed by atoms with Gasteiger partial charge in [0, 0.05) is 5.56 Å². The normalized spacial score (nSPS) is 10.3. The highest BCUT2D eigenvalue weighted by Gasteiger charge is 2.19. The van der Waals surface area contributed by atoms with Crippen LogP contribution >= 0.6 is 0 Å². The zero-order chi connectivity index (χ0) is 17.6. The summed E-state index contributed by atoms with van der Waals surface area (Å²) in [5.41, 5.74) is 4.54. The van der Waals surface area contributed by atoms with Gasteiger partial charge in [-0.1, -0.05) is 60.7 Å². The average Bonchev–Trinajstić information content (AvgIpc) is 2.68. The Balaban J connectivity index is 2.15. The van der Waals surface area contributed by atoms with Crippen LogP contribution in [0.3, 0.4) is 0 Å². The standard InChI is InChI=1S/C22H20O3/c1-24-21-19(18-11-7-4-8-12-18)14-17(15-20(21)22(23)25-2)13-16-9-5-3-6-10-16/h3-12,14-15H,13H2,1-2H3. The van der Waals surface area contributed by atoms with Gasteiger partial charge in [0.2, 0.25) is 0 Å². The minimum atomic E-state index is -0.399. The molecule has 3 aromatic rings. The molecule has 0 N–H and O–H groups in total. The molecule has 0 aliphatic heterocycles. The molecule has 0 saturated carbocycles. The molecule has 0 bridgehead atoms. The second-order valence-corrected chi connectivity index (χ2v) is 5.74. The highest BCUT2D eigenvalue weighted by atomic mass is 16.5. The Morgan fingerprint density at radius 1 is 0.840 bits per heavy atom. The van der Waals surface area contributed by atoms with Gasteiger partial charge >= 0.3 is 5.97 Å². The summed E-state index contributed by atoms with van der Waals surface area (Å²) in [6.07, 6.45) is 0.731. The third kappa shape index (κ3) is 3.72. The molecule has 3 heteroatoms. The van der Waals surface area contributed by atoms with Crippen molar-refractivity contribution in [3.05, 3.63) is 89.5 Å². The number of esters is 1. The first-order chi connectivity index (χ1) is 12.2. The number of carbonyl (C=O) groups is 1. The lowest BCUT2D eigenvalue weighted by Gasteiger charge is -2.15. The minimum Gasteiger partial charge on any atom is -0.495 e. The van der Waals surface area contributed by atoms with Crippen LogP contribution in [0.1, 0.15) is 21.5 Å². The van der Waals surface area contributed by atoms with E-state index in [1.54, 1.807) is 7.11 Å². The molecule has 0 aliphatic carbocycles. The largest absolute Gasteiger partial charge is 0.495 e. The summed E-state index contributed by atoms with van der Waals surface area (Å²) >= 11 is 0. The molecule has 3 aromatic carbocycles. The van der Waals surface area contributed by atoms with E-state index in [0.29, 0.717) is 11.3 Å². The Morgan fingerprint density at radius 3 is 2.08 bits per heavy atom. The first kappa shape index (κ1) is 16.8. The summed E-state index contributed by atoms with van der Waals surface area (Å²) in [6.45, 7) is 0. The predicted molar refractivity (Wildman–Crippen MR) is 99.0 cm³/mol. The molecule has 0 radical (unpaired) electrons. The van der Waals surface area contributed by atoms with Gasteiger partial charge < -0.3 is 9.47 Å². The van der Waals surface area contributed by atoms with Crippen LogP contribution in [-0.4, -0.2) is 20.2 Å². The first-order valence-corrected chi connectivity index (χ1v) is 8.11. The van der Waals surface area contributed by atoms with E-state index >= 15 is 0 Å². The summed E-state index contributed by atoms with van der Waals surface area (Å²) in [7, 11) is 2.96. The van der Waals surface area contributed by atoms with E-state index in [0.717, 1.165) is 23.1 Å². The topological polar surface area (TPSA) is 35.5 Å². The highest BCUT2D eigenvalue weighted by Crippen LogP contribution is 2.35. The van der Waals surface area contributed by atoms with Crippen molar-refractivity contribution in [1.29, 1.82) is 0 Å². The molecule has 0 spiro atoms. The molecule has 0 aromatic heterocycles. The number of ether oxygens (including phenoxy) is 2. The Labute approximate surface area is 147 Å². The molecule has 0 saturated heterocycles. The maximum atomic E-state index is 12.3. The Bertz CT molecular complexity index is 855. The van der Waals surface area contributed by atoms with Gasteiger partial charge in [-0.2, -0.15) is 0 Å². The lowest BCUT2D eigenvalue weighted by atomic mass is 9.95. The zero-order valence-electron chi connectivity index (χ0n) is 14.4. The Hall–Kier alpha value is -3.07. The van der Waals surface area contributed by atoms with Crippen LogP contribution < -0.4 is 4.74 Å². The molecule has 126 valence electrons. The first-order valence-electron chi connectivity index (χ1n) is 8.11.